The van der Waals surface area contributed by atoms with E-state index in [1.165, 1.54) is 22.3 Å². The Balaban J connectivity index is 2.25. The quantitative estimate of drug-likeness (QED) is 0.501. The van der Waals surface area contributed by atoms with Crippen LogP contribution in [0.4, 0.5) is 5.69 Å². The van der Waals surface area contributed by atoms with E-state index in [0.717, 1.165) is 17.7 Å². The Hall–Kier alpha value is -1.45. The number of benzene rings is 2. The molecule has 0 spiro atoms. The normalized spacial score (nSPS) is 17.5. The summed E-state index contributed by atoms with van der Waals surface area (Å²) >= 11 is 0. The molecule has 0 radical (unpaired) electrons. The molecule has 4 heterocycles. The number of hydrogen-bond acceptors (Lipinski definition) is 4. The molecule has 4 bridgehead atoms. The minimum atomic E-state index is -2.26. The van der Waals surface area contributed by atoms with Crippen LogP contribution in [-0.2, 0) is 27.4 Å². The van der Waals surface area contributed by atoms with Gasteiger partial charge in [0, 0.05) is 17.6 Å². The third-order valence-electron chi connectivity index (χ3n) is 6.62. The Bertz CT molecular complexity index is 954. The number of rotatable bonds is 1. The zero-order valence-corrected chi connectivity index (χ0v) is 21.9. The lowest BCUT2D eigenvalue weighted by Crippen LogP contribution is -2.27. The predicted octanol–water partition coefficient (Wildman–Crippen LogP) is 6.20. The van der Waals surface area contributed by atoms with Gasteiger partial charge in [0.2, 0.25) is 0 Å². The van der Waals surface area contributed by atoms with Crippen LogP contribution in [-0.4, -0.2) is 29.5 Å². The van der Waals surface area contributed by atoms with E-state index in [0.29, 0.717) is 19.8 Å². The van der Waals surface area contributed by atoms with Gasteiger partial charge in [0.25, 0.3) is 8.53 Å². The van der Waals surface area contributed by atoms with Crippen molar-refractivity contribution in [1.29, 1.82) is 0 Å². The Morgan fingerprint density at radius 2 is 1.41 bits per heavy atom. The maximum absolute atomic E-state index is 10.2. The SMILES string of the molecule is CC(C)(C)c1cc2ccc1CCOCCN(P(O)O)c1ccc(cc1C(C)(C)C)C2(C)C. The molecule has 32 heavy (non-hydrogen) atoms. The molecular weight excluding hydrogens is 417 g/mol. The summed E-state index contributed by atoms with van der Waals surface area (Å²) in [5.74, 6) is 0. The van der Waals surface area contributed by atoms with Gasteiger partial charge < -0.3 is 19.2 Å². The monoisotopic (exact) mass is 457 g/mol. The first-order valence-electron chi connectivity index (χ1n) is 11.5. The van der Waals surface area contributed by atoms with Crippen molar-refractivity contribution in [3.05, 3.63) is 64.2 Å². The molecular formula is C27H40NO3P. The number of ether oxygens (including phenoxy) is 1. The first-order chi connectivity index (χ1) is 14.7. The van der Waals surface area contributed by atoms with Crippen molar-refractivity contribution in [1.82, 2.24) is 0 Å². The molecule has 0 aromatic heterocycles. The third kappa shape index (κ3) is 5.20. The zero-order valence-electron chi connectivity index (χ0n) is 21.0. The summed E-state index contributed by atoms with van der Waals surface area (Å²) in [5.41, 5.74) is 6.88. The van der Waals surface area contributed by atoms with Gasteiger partial charge in [0.15, 0.2) is 0 Å². The van der Waals surface area contributed by atoms with Crippen molar-refractivity contribution in [3.63, 3.8) is 0 Å². The average molecular weight is 458 g/mol. The van der Waals surface area contributed by atoms with Crippen LogP contribution in [0.1, 0.15) is 83.2 Å². The molecule has 0 fully saturated rings. The van der Waals surface area contributed by atoms with Crippen LogP contribution in [0.2, 0.25) is 0 Å². The highest BCUT2D eigenvalue weighted by molar-refractivity contribution is 7.47. The van der Waals surface area contributed by atoms with E-state index in [1.54, 1.807) is 4.67 Å². The second-order valence-corrected chi connectivity index (χ2v) is 12.5. The maximum Gasteiger partial charge on any atom is 0.284 e. The molecule has 0 amide bonds. The van der Waals surface area contributed by atoms with Crippen LogP contribution in [0.5, 0.6) is 0 Å². The van der Waals surface area contributed by atoms with Gasteiger partial charge in [-0.3, -0.25) is 0 Å². The molecule has 176 valence electrons. The van der Waals surface area contributed by atoms with Crippen molar-refractivity contribution in [2.45, 2.75) is 78.1 Å². The topological polar surface area (TPSA) is 52.9 Å². The Morgan fingerprint density at radius 3 is 1.97 bits per heavy atom. The molecule has 2 aromatic carbocycles. The first kappa shape index (κ1) is 25.2. The second kappa shape index (κ2) is 9.06. The third-order valence-corrected chi connectivity index (χ3v) is 7.47. The van der Waals surface area contributed by atoms with Crippen molar-refractivity contribution >= 4 is 14.2 Å². The summed E-state index contributed by atoms with van der Waals surface area (Å²) in [4.78, 5) is 20.5. The van der Waals surface area contributed by atoms with Crippen molar-refractivity contribution in [2.24, 2.45) is 0 Å². The molecule has 0 aliphatic carbocycles. The predicted molar refractivity (Wildman–Crippen MR) is 136 cm³/mol. The minimum Gasteiger partial charge on any atom is -0.379 e. The average Bonchev–Trinajstić information content (AvgIpc) is 2.68. The Kier molecular flexibility index (Phi) is 7.13. The lowest BCUT2D eigenvalue weighted by Gasteiger charge is -2.34. The molecule has 4 aliphatic heterocycles. The van der Waals surface area contributed by atoms with E-state index in [-0.39, 0.29) is 16.2 Å². The lowest BCUT2D eigenvalue weighted by atomic mass is 9.73. The largest absolute Gasteiger partial charge is 0.379 e. The molecule has 0 saturated heterocycles. The highest BCUT2D eigenvalue weighted by Gasteiger charge is 2.31. The standard InChI is InChI=1S/C27H40NO3P/c1-25(2,3)22-17-20-10-9-19(22)13-15-31-16-14-28(32(29)30)24-12-11-21(27(20,7)8)18-23(24)26(4,5)6/h9-12,17-18,29-30H,13-16H2,1-8H3. The number of hydrogen-bond donors (Lipinski definition) is 2. The summed E-state index contributed by atoms with van der Waals surface area (Å²) in [6.07, 6.45) is 0.844. The molecule has 0 saturated carbocycles. The van der Waals surface area contributed by atoms with Crippen molar-refractivity contribution < 1.29 is 14.5 Å². The van der Waals surface area contributed by atoms with Gasteiger partial charge >= 0.3 is 0 Å². The van der Waals surface area contributed by atoms with Crippen LogP contribution in [0.3, 0.4) is 0 Å². The van der Waals surface area contributed by atoms with E-state index in [9.17, 15) is 9.79 Å². The molecule has 2 aromatic rings. The van der Waals surface area contributed by atoms with Crippen molar-refractivity contribution in [3.8, 4) is 0 Å². The summed E-state index contributed by atoms with van der Waals surface area (Å²) in [6.45, 7) is 19.4. The summed E-state index contributed by atoms with van der Waals surface area (Å²) in [7, 11) is -2.26. The van der Waals surface area contributed by atoms with Crippen molar-refractivity contribution in [2.75, 3.05) is 24.4 Å². The van der Waals surface area contributed by atoms with Gasteiger partial charge in [-0.25, -0.2) is 0 Å². The second-order valence-electron chi connectivity index (χ2n) is 11.5. The highest BCUT2D eigenvalue weighted by Crippen LogP contribution is 2.44. The van der Waals surface area contributed by atoms with E-state index in [2.05, 4.69) is 91.8 Å². The fourth-order valence-corrected chi connectivity index (χ4v) is 5.17. The summed E-state index contributed by atoms with van der Waals surface area (Å²) < 4.78 is 7.66. The van der Waals surface area contributed by atoms with Crippen LogP contribution in [0.25, 0.3) is 0 Å². The van der Waals surface area contributed by atoms with E-state index < -0.39 is 8.53 Å². The minimum absolute atomic E-state index is 0.0379. The Morgan fingerprint density at radius 1 is 0.844 bits per heavy atom. The van der Waals surface area contributed by atoms with Crippen LogP contribution in [0, 0.1) is 0 Å². The number of anilines is 1. The van der Waals surface area contributed by atoms with Gasteiger partial charge in [-0.15, -0.1) is 0 Å². The molecule has 0 unspecified atom stereocenters. The van der Waals surface area contributed by atoms with Gasteiger partial charge in [-0.1, -0.05) is 85.7 Å². The summed E-state index contributed by atoms with van der Waals surface area (Å²) in [5, 5.41) is 0. The van der Waals surface area contributed by atoms with Crippen LogP contribution < -0.4 is 4.67 Å². The zero-order chi connectivity index (χ0) is 23.9. The summed E-state index contributed by atoms with van der Waals surface area (Å²) in [6, 6.07) is 13.4. The van der Waals surface area contributed by atoms with E-state index in [1.807, 2.05) is 0 Å². The maximum atomic E-state index is 10.2. The molecule has 5 heteroatoms. The van der Waals surface area contributed by atoms with Gasteiger partial charge in [-0.05, 0) is 51.1 Å². The fraction of sp³-hybridized carbons (Fsp3) is 0.556. The molecule has 2 N–H and O–H groups in total. The number of nitrogens with zero attached hydrogens (tertiary/aromatic N) is 1. The lowest BCUT2D eigenvalue weighted by molar-refractivity contribution is 0.144. The smallest absolute Gasteiger partial charge is 0.284 e. The Labute approximate surface area is 195 Å². The van der Waals surface area contributed by atoms with E-state index in [4.69, 9.17) is 4.74 Å². The highest BCUT2D eigenvalue weighted by atomic mass is 31.2. The van der Waals surface area contributed by atoms with E-state index >= 15 is 0 Å². The molecule has 4 aliphatic rings. The van der Waals surface area contributed by atoms with Gasteiger partial charge in [0.1, 0.15) is 0 Å². The van der Waals surface area contributed by atoms with Gasteiger partial charge in [0.05, 0.1) is 13.2 Å². The fourth-order valence-electron chi connectivity index (χ4n) is 4.54. The molecule has 4 nitrogen and oxygen atoms in total. The van der Waals surface area contributed by atoms with Crippen LogP contribution in [0.15, 0.2) is 36.4 Å². The van der Waals surface area contributed by atoms with Crippen LogP contribution >= 0.6 is 8.53 Å². The molecule has 0 atom stereocenters. The molecule has 6 rings (SSSR count). The first-order valence-corrected chi connectivity index (χ1v) is 12.7. The van der Waals surface area contributed by atoms with Gasteiger partial charge in [-0.2, -0.15) is 0 Å².